The Labute approximate surface area is 179 Å². The molecule has 0 heterocycles. The minimum atomic E-state index is -0.230. The van der Waals surface area contributed by atoms with Gasteiger partial charge in [0.25, 0.3) is 0 Å². The molecule has 2 unspecified atom stereocenters. The SMILES string of the molecule is COc1ccc(C23CC4CC(CC(C(=O)NCc5ccccc5OC)(C4)C2)C3)cc1. The van der Waals surface area contributed by atoms with E-state index < -0.39 is 0 Å². The maximum atomic E-state index is 13.6. The fourth-order valence-corrected chi connectivity index (χ4v) is 7.02. The molecule has 4 fully saturated rings. The van der Waals surface area contributed by atoms with E-state index in [0.717, 1.165) is 36.3 Å². The van der Waals surface area contributed by atoms with Crippen molar-refractivity contribution in [1.82, 2.24) is 5.32 Å². The molecule has 1 N–H and O–H groups in total. The largest absolute Gasteiger partial charge is 0.497 e. The Kier molecular flexibility index (Phi) is 4.76. The quantitative estimate of drug-likeness (QED) is 0.747. The summed E-state index contributed by atoms with van der Waals surface area (Å²) < 4.78 is 10.8. The van der Waals surface area contributed by atoms with E-state index in [2.05, 4.69) is 29.6 Å². The number of amides is 1. The summed E-state index contributed by atoms with van der Waals surface area (Å²) in [5.41, 5.74) is 2.33. The third-order valence-corrected chi connectivity index (χ3v) is 7.88. The maximum absolute atomic E-state index is 13.6. The number of methoxy groups -OCH3 is 2. The zero-order valence-electron chi connectivity index (χ0n) is 17.9. The molecule has 0 aliphatic heterocycles. The number of carbonyl (C=O) groups excluding carboxylic acids is 1. The van der Waals surface area contributed by atoms with Crippen LogP contribution in [0.25, 0.3) is 0 Å². The van der Waals surface area contributed by atoms with Crippen LogP contribution < -0.4 is 14.8 Å². The fraction of sp³-hybridized carbons (Fsp3) is 0.500. The van der Waals surface area contributed by atoms with Gasteiger partial charge in [-0.3, -0.25) is 4.79 Å². The second-order valence-corrected chi connectivity index (χ2v) is 9.74. The third kappa shape index (κ3) is 3.17. The van der Waals surface area contributed by atoms with Gasteiger partial charge >= 0.3 is 0 Å². The van der Waals surface area contributed by atoms with Crippen LogP contribution in [-0.2, 0) is 16.8 Å². The lowest BCUT2D eigenvalue weighted by Crippen LogP contribution is -2.59. The van der Waals surface area contributed by atoms with Gasteiger partial charge in [0, 0.05) is 12.1 Å². The van der Waals surface area contributed by atoms with Gasteiger partial charge in [-0.2, -0.15) is 0 Å². The van der Waals surface area contributed by atoms with Crippen LogP contribution in [0.2, 0.25) is 0 Å². The van der Waals surface area contributed by atoms with Crippen molar-refractivity contribution in [3.8, 4) is 11.5 Å². The highest BCUT2D eigenvalue weighted by Gasteiger charge is 2.60. The second kappa shape index (κ2) is 7.33. The van der Waals surface area contributed by atoms with E-state index in [4.69, 9.17) is 9.47 Å². The van der Waals surface area contributed by atoms with Crippen molar-refractivity contribution < 1.29 is 14.3 Å². The van der Waals surface area contributed by atoms with Gasteiger partial charge in [0.15, 0.2) is 0 Å². The Hall–Kier alpha value is -2.49. The van der Waals surface area contributed by atoms with Crippen molar-refractivity contribution >= 4 is 5.91 Å². The van der Waals surface area contributed by atoms with Gasteiger partial charge in [-0.15, -0.1) is 0 Å². The lowest BCUT2D eigenvalue weighted by molar-refractivity contribution is -0.149. The van der Waals surface area contributed by atoms with Crippen LogP contribution in [-0.4, -0.2) is 20.1 Å². The Morgan fingerprint density at radius 3 is 2.33 bits per heavy atom. The van der Waals surface area contributed by atoms with Crippen molar-refractivity contribution in [3.63, 3.8) is 0 Å². The number of ether oxygens (including phenoxy) is 2. The molecule has 4 bridgehead atoms. The van der Waals surface area contributed by atoms with E-state index in [-0.39, 0.29) is 16.7 Å². The molecule has 2 aromatic carbocycles. The molecule has 158 valence electrons. The van der Waals surface area contributed by atoms with Crippen molar-refractivity contribution in [2.45, 2.75) is 50.5 Å². The monoisotopic (exact) mass is 405 g/mol. The summed E-state index contributed by atoms with van der Waals surface area (Å²) in [5, 5.41) is 3.28. The predicted octanol–water partition coefficient (Wildman–Crippen LogP) is 4.86. The number of carbonyl (C=O) groups is 1. The van der Waals surface area contributed by atoms with E-state index in [1.165, 1.54) is 24.8 Å². The standard InChI is InChI=1S/C26H31NO3/c1-29-22-9-7-21(8-10-22)25-12-18-11-19(13-25)15-26(14-18,17-25)24(28)27-16-20-5-3-4-6-23(20)30-2/h3-10,18-19H,11-17H2,1-2H3,(H,27,28). The van der Waals surface area contributed by atoms with Gasteiger partial charge in [0.1, 0.15) is 11.5 Å². The molecule has 4 nitrogen and oxygen atoms in total. The summed E-state index contributed by atoms with van der Waals surface area (Å²) in [5.74, 6) is 3.28. The Balaban J connectivity index is 1.39. The van der Waals surface area contributed by atoms with Crippen LogP contribution in [0.3, 0.4) is 0 Å². The molecule has 0 aromatic heterocycles. The Morgan fingerprint density at radius 2 is 1.67 bits per heavy atom. The molecular formula is C26H31NO3. The Bertz CT molecular complexity index is 922. The highest BCUT2D eigenvalue weighted by atomic mass is 16.5. The van der Waals surface area contributed by atoms with Crippen molar-refractivity contribution in [3.05, 3.63) is 59.7 Å². The zero-order chi connectivity index (χ0) is 20.8. The molecule has 4 heteroatoms. The summed E-state index contributed by atoms with van der Waals surface area (Å²) in [6.45, 7) is 0.523. The van der Waals surface area contributed by atoms with Crippen molar-refractivity contribution in [2.75, 3.05) is 14.2 Å². The lowest BCUT2D eigenvalue weighted by Gasteiger charge is -2.61. The number of nitrogens with one attached hydrogen (secondary N) is 1. The van der Waals surface area contributed by atoms with E-state index in [1.54, 1.807) is 14.2 Å². The van der Waals surface area contributed by atoms with E-state index in [0.29, 0.717) is 18.4 Å². The number of para-hydroxylation sites is 1. The molecule has 4 saturated carbocycles. The van der Waals surface area contributed by atoms with Crippen molar-refractivity contribution in [2.24, 2.45) is 17.3 Å². The number of benzene rings is 2. The van der Waals surface area contributed by atoms with E-state index in [1.807, 2.05) is 24.3 Å². The first-order chi connectivity index (χ1) is 14.6. The molecule has 2 atom stereocenters. The first kappa shape index (κ1) is 19.5. The van der Waals surface area contributed by atoms with Crippen LogP contribution >= 0.6 is 0 Å². The van der Waals surface area contributed by atoms with Gasteiger partial charge in [0.2, 0.25) is 5.91 Å². The molecule has 0 spiro atoms. The summed E-state index contributed by atoms with van der Waals surface area (Å²) in [6, 6.07) is 16.5. The summed E-state index contributed by atoms with van der Waals surface area (Å²) >= 11 is 0. The minimum absolute atomic E-state index is 0.137. The van der Waals surface area contributed by atoms with Gasteiger partial charge < -0.3 is 14.8 Å². The average molecular weight is 406 g/mol. The van der Waals surface area contributed by atoms with Crippen LogP contribution in [0.15, 0.2) is 48.5 Å². The fourth-order valence-electron chi connectivity index (χ4n) is 7.02. The molecule has 4 aliphatic carbocycles. The molecule has 4 aliphatic rings. The molecule has 0 saturated heterocycles. The molecule has 0 radical (unpaired) electrons. The molecule has 2 aromatic rings. The van der Waals surface area contributed by atoms with E-state index in [9.17, 15) is 4.79 Å². The third-order valence-electron chi connectivity index (χ3n) is 7.88. The van der Waals surface area contributed by atoms with Gasteiger partial charge in [0.05, 0.1) is 19.6 Å². The van der Waals surface area contributed by atoms with Crippen LogP contribution in [0.1, 0.15) is 49.7 Å². The van der Waals surface area contributed by atoms with Crippen LogP contribution in [0, 0.1) is 17.3 Å². The molecule has 1 amide bonds. The highest BCUT2D eigenvalue weighted by Crippen LogP contribution is 2.65. The predicted molar refractivity (Wildman–Crippen MR) is 117 cm³/mol. The van der Waals surface area contributed by atoms with Gasteiger partial charge in [-0.1, -0.05) is 30.3 Å². The van der Waals surface area contributed by atoms with Crippen LogP contribution in [0.5, 0.6) is 11.5 Å². The maximum Gasteiger partial charge on any atom is 0.226 e. The summed E-state index contributed by atoms with van der Waals surface area (Å²) in [6.07, 6.45) is 6.78. The number of hydrogen-bond acceptors (Lipinski definition) is 3. The second-order valence-electron chi connectivity index (χ2n) is 9.74. The smallest absolute Gasteiger partial charge is 0.226 e. The van der Waals surface area contributed by atoms with E-state index >= 15 is 0 Å². The van der Waals surface area contributed by atoms with Gasteiger partial charge in [-0.25, -0.2) is 0 Å². The first-order valence-electron chi connectivity index (χ1n) is 11.1. The zero-order valence-corrected chi connectivity index (χ0v) is 17.9. The first-order valence-corrected chi connectivity index (χ1v) is 11.1. The Morgan fingerprint density at radius 1 is 0.967 bits per heavy atom. The van der Waals surface area contributed by atoms with Crippen molar-refractivity contribution in [1.29, 1.82) is 0 Å². The summed E-state index contributed by atoms with van der Waals surface area (Å²) in [4.78, 5) is 13.6. The van der Waals surface area contributed by atoms with Crippen LogP contribution in [0.4, 0.5) is 0 Å². The molecule has 30 heavy (non-hydrogen) atoms. The average Bonchev–Trinajstić information content (AvgIpc) is 2.76. The minimum Gasteiger partial charge on any atom is -0.497 e. The molecular weight excluding hydrogens is 374 g/mol. The number of hydrogen-bond donors (Lipinski definition) is 1. The number of rotatable bonds is 6. The normalized spacial score (nSPS) is 31.4. The van der Waals surface area contributed by atoms with Gasteiger partial charge in [-0.05, 0) is 79.5 Å². The molecule has 6 rings (SSSR count). The lowest BCUT2D eigenvalue weighted by atomic mass is 9.42. The highest BCUT2D eigenvalue weighted by molar-refractivity contribution is 5.83. The summed E-state index contributed by atoms with van der Waals surface area (Å²) in [7, 11) is 3.39. The topological polar surface area (TPSA) is 47.6 Å².